The summed E-state index contributed by atoms with van der Waals surface area (Å²) >= 11 is 7.67. The molecule has 4 nitrogen and oxygen atoms in total. The van der Waals surface area contributed by atoms with Crippen LogP contribution < -0.4 is 4.80 Å². The van der Waals surface area contributed by atoms with Crippen molar-refractivity contribution >= 4 is 50.0 Å². The van der Waals surface area contributed by atoms with Crippen LogP contribution in [0.2, 0.25) is 5.02 Å². The highest BCUT2D eigenvalue weighted by Gasteiger charge is 2.11. The van der Waals surface area contributed by atoms with E-state index in [4.69, 9.17) is 11.6 Å². The Morgan fingerprint density at radius 2 is 2.00 bits per heavy atom. The number of aryl methyl sites for hydroxylation is 3. The van der Waals surface area contributed by atoms with E-state index in [0.29, 0.717) is 15.4 Å². The largest absolute Gasteiger partial charge is 0.316 e. The number of aromatic nitrogens is 2. The number of fused-ring (bicyclic) bond motifs is 2. The molecule has 2 heterocycles. The van der Waals surface area contributed by atoms with Gasteiger partial charge in [-0.15, -0.1) is 0 Å². The van der Waals surface area contributed by atoms with Gasteiger partial charge in [-0.2, -0.15) is 4.99 Å². The number of benzene rings is 2. The van der Waals surface area contributed by atoms with Crippen LogP contribution >= 0.6 is 22.9 Å². The standard InChI is InChI=1S/C21H18ClN3OS/c1-4-25-19-12(2)9-16(22)11-18(19)27-21(25)24-20(26)15-7-8-17-14(10-15)6-5-13(3)23-17/h5-11H,4H2,1-3H3. The highest BCUT2D eigenvalue weighted by atomic mass is 35.5. The summed E-state index contributed by atoms with van der Waals surface area (Å²) in [5.74, 6) is -0.255. The van der Waals surface area contributed by atoms with Crippen molar-refractivity contribution in [1.29, 1.82) is 0 Å². The molecular weight excluding hydrogens is 378 g/mol. The number of rotatable bonds is 2. The first kappa shape index (κ1) is 17.9. The fourth-order valence-electron chi connectivity index (χ4n) is 3.27. The van der Waals surface area contributed by atoms with Gasteiger partial charge in [0.05, 0.1) is 15.7 Å². The van der Waals surface area contributed by atoms with Crippen LogP contribution in [0.15, 0.2) is 47.5 Å². The minimum atomic E-state index is -0.255. The Labute approximate surface area is 165 Å². The fourth-order valence-corrected chi connectivity index (χ4v) is 4.81. The number of thiazole rings is 1. The van der Waals surface area contributed by atoms with Crippen molar-refractivity contribution in [3.63, 3.8) is 0 Å². The first-order valence-electron chi connectivity index (χ1n) is 8.72. The summed E-state index contributed by atoms with van der Waals surface area (Å²) in [6.07, 6.45) is 0. The Bertz CT molecular complexity index is 1270. The van der Waals surface area contributed by atoms with Crippen molar-refractivity contribution in [2.75, 3.05) is 0 Å². The minimum absolute atomic E-state index is 0.255. The number of nitrogens with zero attached hydrogens (tertiary/aromatic N) is 3. The summed E-state index contributed by atoms with van der Waals surface area (Å²) in [6, 6.07) is 13.3. The molecule has 0 aliphatic rings. The van der Waals surface area contributed by atoms with Gasteiger partial charge in [-0.05, 0) is 62.7 Å². The van der Waals surface area contributed by atoms with Gasteiger partial charge < -0.3 is 4.57 Å². The monoisotopic (exact) mass is 395 g/mol. The third kappa shape index (κ3) is 3.29. The van der Waals surface area contributed by atoms with E-state index in [1.54, 1.807) is 6.07 Å². The van der Waals surface area contributed by atoms with Crippen molar-refractivity contribution in [3.8, 4) is 0 Å². The summed E-state index contributed by atoms with van der Waals surface area (Å²) in [7, 11) is 0. The molecule has 0 saturated heterocycles. The van der Waals surface area contributed by atoms with E-state index in [2.05, 4.69) is 14.5 Å². The summed E-state index contributed by atoms with van der Waals surface area (Å²) in [5.41, 5.74) is 4.55. The fraction of sp³-hybridized carbons (Fsp3) is 0.190. The lowest BCUT2D eigenvalue weighted by molar-refractivity contribution is 0.0998. The quantitative estimate of drug-likeness (QED) is 0.463. The number of pyridine rings is 1. The lowest BCUT2D eigenvalue weighted by Gasteiger charge is -2.04. The smallest absolute Gasteiger partial charge is 0.279 e. The highest BCUT2D eigenvalue weighted by Crippen LogP contribution is 2.26. The van der Waals surface area contributed by atoms with Crippen LogP contribution in [0.5, 0.6) is 0 Å². The van der Waals surface area contributed by atoms with Gasteiger partial charge in [-0.1, -0.05) is 29.0 Å². The summed E-state index contributed by atoms with van der Waals surface area (Å²) in [4.78, 5) is 22.4. The van der Waals surface area contributed by atoms with Crippen LogP contribution in [0.3, 0.4) is 0 Å². The number of hydrogen-bond donors (Lipinski definition) is 0. The van der Waals surface area contributed by atoms with Gasteiger partial charge >= 0.3 is 0 Å². The van der Waals surface area contributed by atoms with Crippen LogP contribution in [0.1, 0.15) is 28.5 Å². The maximum Gasteiger partial charge on any atom is 0.279 e. The third-order valence-corrected chi connectivity index (χ3v) is 5.76. The Balaban J connectivity index is 1.84. The number of carbonyl (C=O) groups excluding carboxylic acids is 1. The molecule has 0 N–H and O–H groups in total. The van der Waals surface area contributed by atoms with Gasteiger partial charge in [0.15, 0.2) is 4.80 Å². The average molecular weight is 396 g/mol. The topological polar surface area (TPSA) is 47.2 Å². The molecule has 0 bridgehead atoms. The first-order chi connectivity index (χ1) is 13.0. The van der Waals surface area contributed by atoms with Crippen LogP contribution in [0.25, 0.3) is 21.1 Å². The second kappa shape index (κ2) is 6.91. The lowest BCUT2D eigenvalue weighted by atomic mass is 10.1. The predicted octanol–water partition coefficient (Wildman–Crippen LogP) is 5.28. The Morgan fingerprint density at radius 3 is 2.78 bits per heavy atom. The van der Waals surface area contributed by atoms with Gasteiger partial charge in [-0.3, -0.25) is 9.78 Å². The van der Waals surface area contributed by atoms with Crippen LogP contribution in [0.4, 0.5) is 0 Å². The SMILES string of the molecule is CCn1c(=NC(=O)c2ccc3nc(C)ccc3c2)sc2cc(Cl)cc(C)c21. The first-order valence-corrected chi connectivity index (χ1v) is 9.91. The van der Waals surface area contributed by atoms with Crippen LogP contribution in [-0.2, 0) is 6.54 Å². The normalized spacial score (nSPS) is 12.2. The van der Waals surface area contributed by atoms with E-state index in [1.165, 1.54) is 11.3 Å². The van der Waals surface area contributed by atoms with Gasteiger partial charge in [0, 0.05) is 28.2 Å². The van der Waals surface area contributed by atoms with Crippen molar-refractivity contribution < 1.29 is 4.79 Å². The van der Waals surface area contributed by atoms with E-state index < -0.39 is 0 Å². The molecule has 0 radical (unpaired) electrons. The molecule has 0 atom stereocenters. The second-order valence-electron chi connectivity index (χ2n) is 6.48. The van der Waals surface area contributed by atoms with E-state index in [-0.39, 0.29) is 5.91 Å². The van der Waals surface area contributed by atoms with Gasteiger partial charge in [-0.25, -0.2) is 0 Å². The summed E-state index contributed by atoms with van der Waals surface area (Å²) in [6.45, 7) is 6.76. The predicted molar refractivity (Wildman–Crippen MR) is 112 cm³/mol. The zero-order valence-electron chi connectivity index (χ0n) is 15.3. The molecule has 0 fully saturated rings. The van der Waals surface area contributed by atoms with E-state index in [1.807, 2.05) is 57.2 Å². The molecule has 0 aliphatic heterocycles. The lowest BCUT2D eigenvalue weighted by Crippen LogP contribution is -2.16. The molecule has 6 heteroatoms. The molecule has 2 aromatic carbocycles. The maximum atomic E-state index is 12.8. The zero-order valence-corrected chi connectivity index (χ0v) is 16.9. The van der Waals surface area contributed by atoms with Crippen molar-refractivity contribution in [2.24, 2.45) is 4.99 Å². The molecule has 0 saturated carbocycles. The average Bonchev–Trinajstić information content (AvgIpc) is 2.98. The van der Waals surface area contributed by atoms with Crippen molar-refractivity contribution in [3.05, 3.63) is 69.1 Å². The molecule has 27 heavy (non-hydrogen) atoms. The molecule has 4 rings (SSSR count). The minimum Gasteiger partial charge on any atom is -0.316 e. The van der Waals surface area contributed by atoms with Crippen molar-refractivity contribution in [1.82, 2.24) is 9.55 Å². The molecule has 1 amide bonds. The third-order valence-electron chi connectivity index (χ3n) is 4.52. The Hall–Kier alpha value is -2.50. The zero-order chi connectivity index (χ0) is 19.1. The molecule has 0 aliphatic carbocycles. The number of hydrogen-bond acceptors (Lipinski definition) is 3. The van der Waals surface area contributed by atoms with E-state index in [0.717, 1.165) is 38.9 Å². The van der Waals surface area contributed by atoms with E-state index >= 15 is 0 Å². The second-order valence-corrected chi connectivity index (χ2v) is 7.92. The van der Waals surface area contributed by atoms with E-state index in [9.17, 15) is 4.79 Å². The Morgan fingerprint density at radius 1 is 1.19 bits per heavy atom. The van der Waals surface area contributed by atoms with Crippen LogP contribution in [-0.4, -0.2) is 15.5 Å². The summed E-state index contributed by atoms with van der Waals surface area (Å²) in [5, 5.41) is 1.63. The van der Waals surface area contributed by atoms with Gasteiger partial charge in [0.25, 0.3) is 5.91 Å². The number of halogens is 1. The van der Waals surface area contributed by atoms with Gasteiger partial charge in [0.2, 0.25) is 0 Å². The number of amides is 1. The van der Waals surface area contributed by atoms with Gasteiger partial charge in [0.1, 0.15) is 0 Å². The molecule has 136 valence electrons. The van der Waals surface area contributed by atoms with Crippen molar-refractivity contribution in [2.45, 2.75) is 27.3 Å². The number of carbonyl (C=O) groups is 1. The Kier molecular flexibility index (Phi) is 4.58. The molecular formula is C21H18ClN3OS. The molecule has 2 aromatic heterocycles. The molecule has 0 unspecified atom stereocenters. The summed E-state index contributed by atoms with van der Waals surface area (Å²) < 4.78 is 3.10. The maximum absolute atomic E-state index is 12.8. The van der Waals surface area contributed by atoms with Crippen LogP contribution in [0, 0.1) is 13.8 Å². The molecule has 4 aromatic rings. The molecule has 0 spiro atoms. The highest BCUT2D eigenvalue weighted by molar-refractivity contribution is 7.16.